The highest BCUT2D eigenvalue weighted by molar-refractivity contribution is 6.03. The lowest BCUT2D eigenvalue weighted by Gasteiger charge is -2.22. The van der Waals surface area contributed by atoms with Gasteiger partial charge < -0.3 is 14.4 Å². The number of benzene rings is 1. The minimum Gasteiger partial charge on any atom is -0.508 e. The lowest BCUT2D eigenvalue weighted by atomic mass is 9.83. The molecule has 2 aromatic rings. The zero-order valence-corrected chi connectivity index (χ0v) is 11.6. The number of aromatic hydroxyl groups is 1. The van der Waals surface area contributed by atoms with Crippen molar-refractivity contribution in [2.24, 2.45) is 11.1 Å². The van der Waals surface area contributed by atoms with Gasteiger partial charge in [0.15, 0.2) is 0 Å². The fourth-order valence-corrected chi connectivity index (χ4v) is 2.54. The van der Waals surface area contributed by atoms with Crippen molar-refractivity contribution < 1.29 is 19.2 Å². The van der Waals surface area contributed by atoms with Crippen LogP contribution in [0.15, 0.2) is 46.2 Å². The molecular formula is C16H15NO4. The molecule has 1 aromatic heterocycles. The van der Waals surface area contributed by atoms with Gasteiger partial charge in [0.05, 0.1) is 12.0 Å². The highest BCUT2D eigenvalue weighted by atomic mass is 16.7. The summed E-state index contributed by atoms with van der Waals surface area (Å²) in [5, 5.41) is 13.6. The summed E-state index contributed by atoms with van der Waals surface area (Å²) < 4.78 is 4.96. The number of hydrogen-bond donors (Lipinski definition) is 1. The molecule has 108 valence electrons. The van der Waals surface area contributed by atoms with E-state index in [1.807, 2.05) is 0 Å². The number of oxime groups is 1. The predicted octanol–water partition coefficient (Wildman–Crippen LogP) is 3.13. The summed E-state index contributed by atoms with van der Waals surface area (Å²) in [4.78, 5) is 16.7. The first kappa shape index (κ1) is 13.4. The molecule has 21 heavy (non-hydrogen) atoms. The Morgan fingerprint density at radius 2 is 2.24 bits per heavy atom. The molecule has 0 spiro atoms. The van der Waals surface area contributed by atoms with Crippen LogP contribution in [-0.2, 0) is 11.3 Å². The van der Waals surface area contributed by atoms with E-state index in [1.54, 1.807) is 24.3 Å². The number of furan rings is 1. The second kappa shape index (κ2) is 5.44. The van der Waals surface area contributed by atoms with Crippen LogP contribution in [-0.4, -0.2) is 16.8 Å². The number of carbonyl (C=O) groups excluding carboxylic acids is 1. The van der Waals surface area contributed by atoms with Gasteiger partial charge in [-0.1, -0.05) is 12.1 Å². The van der Waals surface area contributed by atoms with Crippen LogP contribution in [0.1, 0.15) is 35.0 Å². The van der Waals surface area contributed by atoms with E-state index in [0.29, 0.717) is 11.6 Å². The Morgan fingerprint density at radius 1 is 1.38 bits per heavy atom. The number of rotatable bonds is 2. The Bertz CT molecular complexity index is 688. The third-order valence-corrected chi connectivity index (χ3v) is 3.47. The third kappa shape index (κ3) is 2.81. The van der Waals surface area contributed by atoms with Crippen LogP contribution in [0.3, 0.4) is 0 Å². The van der Waals surface area contributed by atoms with Crippen LogP contribution >= 0.6 is 0 Å². The maximum Gasteiger partial charge on any atom is 0.400 e. The Balaban J connectivity index is 1.85. The zero-order valence-electron chi connectivity index (χ0n) is 11.6. The van der Waals surface area contributed by atoms with E-state index in [-0.39, 0.29) is 11.5 Å². The first-order chi connectivity index (χ1) is 10.1. The molecule has 0 unspecified atom stereocenters. The van der Waals surface area contributed by atoms with Gasteiger partial charge in [-0.2, -0.15) is 0 Å². The Morgan fingerprint density at radius 3 is 3.00 bits per heavy atom. The lowest BCUT2D eigenvalue weighted by molar-refractivity contribution is 0.0478. The second-order valence-electron chi connectivity index (χ2n) is 5.25. The van der Waals surface area contributed by atoms with Gasteiger partial charge in [0.25, 0.3) is 0 Å². The molecule has 0 bridgehead atoms. The van der Waals surface area contributed by atoms with Crippen LogP contribution in [0.2, 0.25) is 0 Å². The Labute approximate surface area is 121 Å². The molecule has 0 saturated carbocycles. The maximum absolute atomic E-state index is 11.7. The number of phenols is 1. The minimum absolute atomic E-state index is 0.120. The summed E-state index contributed by atoms with van der Waals surface area (Å²) in [6.07, 6.45) is 3.00. The molecule has 1 aliphatic carbocycles. The molecule has 1 N–H and O–H groups in total. The molecule has 3 rings (SSSR count). The quantitative estimate of drug-likeness (QED) is 0.679. The smallest absolute Gasteiger partial charge is 0.400 e. The molecule has 1 aromatic carbocycles. The van der Waals surface area contributed by atoms with Crippen LogP contribution < -0.4 is 0 Å². The number of fused-ring (bicyclic) bond motifs is 1. The summed E-state index contributed by atoms with van der Waals surface area (Å²) in [6, 6.07) is 8.28. The van der Waals surface area contributed by atoms with Crippen LogP contribution in [0.4, 0.5) is 0 Å². The van der Waals surface area contributed by atoms with Gasteiger partial charge in [0.2, 0.25) is 5.76 Å². The second-order valence-corrected chi connectivity index (χ2v) is 5.25. The standard InChI is InChI=1S/C16H15NO4/c1-10-7-11-9-12(18)4-5-13(11)14(8-10)17-21-16(19)15-3-2-6-20-15/h2-6,9-10,18H,7-8H2,1H3/b17-14-/t10-/m1/s1. The SMILES string of the molecule is C[C@H]1C/C(=N/OC(=O)c2ccco2)c2ccc(O)cc2C1. The molecule has 0 amide bonds. The molecule has 0 fully saturated rings. The van der Waals surface area contributed by atoms with E-state index in [1.165, 1.54) is 12.3 Å². The molecular weight excluding hydrogens is 270 g/mol. The van der Waals surface area contributed by atoms with E-state index >= 15 is 0 Å². The van der Waals surface area contributed by atoms with Crippen molar-refractivity contribution in [1.82, 2.24) is 0 Å². The van der Waals surface area contributed by atoms with Crippen molar-refractivity contribution in [2.75, 3.05) is 0 Å². The zero-order chi connectivity index (χ0) is 14.8. The molecule has 1 atom stereocenters. The Hall–Kier alpha value is -2.56. The van der Waals surface area contributed by atoms with E-state index in [0.717, 1.165) is 24.0 Å². The van der Waals surface area contributed by atoms with E-state index < -0.39 is 5.97 Å². The predicted molar refractivity (Wildman–Crippen MR) is 76.3 cm³/mol. The van der Waals surface area contributed by atoms with Gasteiger partial charge >= 0.3 is 5.97 Å². The molecule has 5 nitrogen and oxygen atoms in total. The van der Waals surface area contributed by atoms with Gasteiger partial charge in [0, 0.05) is 5.56 Å². The first-order valence-electron chi connectivity index (χ1n) is 6.77. The van der Waals surface area contributed by atoms with Gasteiger partial charge in [0.1, 0.15) is 5.75 Å². The monoisotopic (exact) mass is 285 g/mol. The number of carbonyl (C=O) groups is 1. The van der Waals surface area contributed by atoms with Crippen molar-refractivity contribution in [3.8, 4) is 5.75 Å². The fraction of sp³-hybridized carbons (Fsp3) is 0.250. The van der Waals surface area contributed by atoms with E-state index in [4.69, 9.17) is 9.25 Å². The average molecular weight is 285 g/mol. The summed E-state index contributed by atoms with van der Waals surface area (Å²) >= 11 is 0. The molecule has 5 heteroatoms. The van der Waals surface area contributed by atoms with Crippen molar-refractivity contribution in [3.05, 3.63) is 53.5 Å². The number of hydrogen-bond acceptors (Lipinski definition) is 5. The normalized spacial score (nSPS) is 19.3. The topological polar surface area (TPSA) is 72.0 Å². The van der Waals surface area contributed by atoms with Crippen molar-refractivity contribution in [3.63, 3.8) is 0 Å². The van der Waals surface area contributed by atoms with Gasteiger partial charge in [-0.3, -0.25) is 0 Å². The Kier molecular flexibility index (Phi) is 3.48. The molecule has 0 saturated heterocycles. The summed E-state index contributed by atoms with van der Waals surface area (Å²) in [5.74, 6) is 0.107. The summed E-state index contributed by atoms with van der Waals surface area (Å²) in [5.41, 5.74) is 2.64. The fourth-order valence-electron chi connectivity index (χ4n) is 2.54. The number of nitrogens with zero attached hydrogens (tertiary/aromatic N) is 1. The van der Waals surface area contributed by atoms with Crippen LogP contribution in [0, 0.1) is 5.92 Å². The molecule has 1 heterocycles. The van der Waals surface area contributed by atoms with Crippen molar-refractivity contribution in [2.45, 2.75) is 19.8 Å². The van der Waals surface area contributed by atoms with Gasteiger partial charge in [-0.05, 0) is 54.7 Å². The lowest BCUT2D eigenvalue weighted by Crippen LogP contribution is -2.19. The molecule has 1 aliphatic rings. The minimum atomic E-state index is -0.619. The van der Waals surface area contributed by atoms with Gasteiger partial charge in [-0.15, -0.1) is 0 Å². The molecule has 0 radical (unpaired) electrons. The van der Waals surface area contributed by atoms with Crippen molar-refractivity contribution >= 4 is 11.7 Å². The number of phenolic OH excluding ortho intramolecular Hbond substituents is 1. The van der Waals surface area contributed by atoms with E-state index in [2.05, 4.69) is 12.1 Å². The largest absolute Gasteiger partial charge is 0.508 e. The maximum atomic E-state index is 11.7. The van der Waals surface area contributed by atoms with Crippen LogP contribution in [0.25, 0.3) is 0 Å². The van der Waals surface area contributed by atoms with E-state index in [9.17, 15) is 9.90 Å². The molecule has 0 aliphatic heterocycles. The highest BCUT2D eigenvalue weighted by Crippen LogP contribution is 2.28. The third-order valence-electron chi connectivity index (χ3n) is 3.47. The summed E-state index contributed by atoms with van der Waals surface area (Å²) in [6.45, 7) is 2.09. The van der Waals surface area contributed by atoms with Gasteiger partial charge in [-0.25, -0.2) is 4.79 Å². The van der Waals surface area contributed by atoms with Crippen molar-refractivity contribution in [1.29, 1.82) is 0 Å². The highest BCUT2D eigenvalue weighted by Gasteiger charge is 2.22. The van der Waals surface area contributed by atoms with Crippen LogP contribution in [0.5, 0.6) is 5.75 Å². The first-order valence-corrected chi connectivity index (χ1v) is 6.77. The average Bonchev–Trinajstić information content (AvgIpc) is 2.97. The summed E-state index contributed by atoms with van der Waals surface area (Å²) in [7, 11) is 0.